The second-order valence-electron chi connectivity index (χ2n) is 13.0. The van der Waals surface area contributed by atoms with E-state index in [0.717, 1.165) is 47.7 Å². The second kappa shape index (κ2) is 20.3. The van der Waals surface area contributed by atoms with Crippen molar-refractivity contribution in [1.82, 2.24) is 14.8 Å². The topological polar surface area (TPSA) is 124 Å². The zero-order valence-corrected chi connectivity index (χ0v) is 30.6. The van der Waals surface area contributed by atoms with Gasteiger partial charge in [0.15, 0.2) is 0 Å². The lowest BCUT2D eigenvalue weighted by Crippen LogP contribution is -2.53. The molecule has 51 heavy (non-hydrogen) atoms. The van der Waals surface area contributed by atoms with Crippen molar-refractivity contribution in [3.05, 3.63) is 107 Å². The molecule has 1 heterocycles. The summed E-state index contributed by atoms with van der Waals surface area (Å²) in [4.78, 5) is 55.2. The number of unbranched alkanes of at least 4 members (excludes halogenated alkanes) is 3. The summed E-state index contributed by atoms with van der Waals surface area (Å²) in [7, 11) is 0. The number of fused-ring (bicyclic) bond motifs is 1. The zero-order valence-electron chi connectivity index (χ0n) is 29.8. The fraction of sp³-hybridized carbons (Fsp3) is 0.415. The second-order valence-corrected chi connectivity index (χ2v) is 13.5. The van der Waals surface area contributed by atoms with E-state index in [2.05, 4.69) is 12.2 Å². The van der Waals surface area contributed by atoms with Crippen molar-refractivity contribution in [2.24, 2.45) is 5.73 Å². The van der Waals surface area contributed by atoms with Gasteiger partial charge in [-0.2, -0.15) is 0 Å². The Kier molecular flexibility index (Phi) is 15.6. The van der Waals surface area contributed by atoms with Crippen LogP contribution in [0.1, 0.15) is 99.5 Å². The Bertz CT molecular complexity index is 1740. The first-order valence-electron chi connectivity index (χ1n) is 18.1. The number of nitrogens with one attached hydrogen (secondary N) is 1. The van der Waals surface area contributed by atoms with Gasteiger partial charge >= 0.3 is 5.97 Å². The molecule has 2 atom stereocenters. The fourth-order valence-electron chi connectivity index (χ4n) is 6.44. The molecule has 9 nitrogen and oxygen atoms in total. The van der Waals surface area contributed by atoms with Crippen LogP contribution < -0.4 is 11.1 Å². The van der Waals surface area contributed by atoms with Crippen LogP contribution in [0, 0.1) is 0 Å². The molecule has 0 aliphatic rings. The Morgan fingerprint density at radius 2 is 1.59 bits per heavy atom. The highest BCUT2D eigenvalue weighted by Crippen LogP contribution is 2.25. The molecule has 1 aromatic heterocycles. The smallest absolute Gasteiger partial charge is 0.306 e. The van der Waals surface area contributed by atoms with Crippen molar-refractivity contribution in [1.29, 1.82) is 0 Å². The first-order valence-corrected chi connectivity index (χ1v) is 18.5. The normalized spacial score (nSPS) is 12.3. The number of rotatable bonds is 21. The average Bonchev–Trinajstić information content (AvgIpc) is 3.50. The number of hydrogen-bond donors (Lipinski definition) is 2. The van der Waals surface area contributed by atoms with Gasteiger partial charge in [-0.1, -0.05) is 118 Å². The van der Waals surface area contributed by atoms with Crippen molar-refractivity contribution >= 4 is 46.2 Å². The molecule has 4 rings (SSSR count). The van der Waals surface area contributed by atoms with Gasteiger partial charge < -0.3 is 25.3 Å². The number of ether oxygens (including phenoxy) is 1. The number of aromatic nitrogens is 1. The number of benzene rings is 3. The molecule has 0 fully saturated rings. The molecule has 3 aromatic carbocycles. The number of nitrogens with zero attached hydrogens (tertiary/aromatic N) is 2. The first kappa shape index (κ1) is 39.2. The lowest BCUT2D eigenvalue weighted by molar-refractivity contribution is -0.145. The maximum absolute atomic E-state index is 14.5. The molecular weight excluding hydrogens is 664 g/mol. The van der Waals surface area contributed by atoms with Crippen LogP contribution in [0.3, 0.4) is 0 Å². The third-order valence-electron chi connectivity index (χ3n) is 9.07. The van der Waals surface area contributed by atoms with Crippen LogP contribution in [0.5, 0.6) is 0 Å². The minimum absolute atomic E-state index is 0.0415. The highest BCUT2D eigenvalue weighted by Gasteiger charge is 2.32. The van der Waals surface area contributed by atoms with Gasteiger partial charge in [0.1, 0.15) is 12.6 Å². The van der Waals surface area contributed by atoms with Crippen LogP contribution in [-0.4, -0.2) is 51.8 Å². The SMILES string of the molecule is CCCCCC[C@@H](CC(N)=O)N(CCC)C(=O)[C@H](CCCC(=O)OCc1ccccc1)NC(=O)c1cn(Cc2ccccc2Cl)c2ccccc12. The molecule has 0 aliphatic carbocycles. The number of carbonyl (C=O) groups excluding carboxylic acids is 4. The lowest BCUT2D eigenvalue weighted by Gasteiger charge is -2.34. The standard InChI is InChI=1S/C41H51ClN4O5/c1-3-5-6-10-19-32(26-38(43)47)46(25-4-2)41(50)36(22-15-24-39(48)51-29-30-16-8-7-9-17-30)44-40(49)34-28-45(37-23-14-12-20-33(34)37)27-31-18-11-13-21-35(31)42/h7-9,11-14,16-18,20-21,23,28,32,36H,3-6,10,15,19,22,24-27,29H2,1-2H3,(H2,43,47)(H,44,49)/t32-,36-/m0/s1. The molecule has 0 saturated heterocycles. The van der Waals surface area contributed by atoms with E-state index in [-0.39, 0.29) is 43.8 Å². The molecule has 0 saturated carbocycles. The van der Waals surface area contributed by atoms with Gasteiger partial charge in [0.25, 0.3) is 5.91 Å². The van der Waals surface area contributed by atoms with E-state index >= 15 is 0 Å². The van der Waals surface area contributed by atoms with E-state index in [9.17, 15) is 19.2 Å². The number of primary amides is 1. The van der Waals surface area contributed by atoms with Crippen LogP contribution in [0.15, 0.2) is 85.1 Å². The summed E-state index contributed by atoms with van der Waals surface area (Å²) in [6, 6.07) is 23.3. The maximum atomic E-state index is 14.5. The monoisotopic (exact) mass is 714 g/mol. The van der Waals surface area contributed by atoms with Crippen LogP contribution >= 0.6 is 11.6 Å². The van der Waals surface area contributed by atoms with E-state index in [0.29, 0.717) is 42.9 Å². The van der Waals surface area contributed by atoms with Gasteiger partial charge in [0, 0.05) is 54.1 Å². The van der Waals surface area contributed by atoms with Crippen LogP contribution in [0.25, 0.3) is 10.9 Å². The lowest BCUT2D eigenvalue weighted by atomic mass is 10.00. The van der Waals surface area contributed by atoms with E-state index in [4.69, 9.17) is 22.1 Å². The molecule has 10 heteroatoms. The predicted molar refractivity (Wildman–Crippen MR) is 202 cm³/mol. The van der Waals surface area contributed by atoms with Gasteiger partial charge in [0.2, 0.25) is 11.8 Å². The minimum Gasteiger partial charge on any atom is -0.461 e. The number of carbonyl (C=O) groups is 4. The Balaban J connectivity index is 1.58. The maximum Gasteiger partial charge on any atom is 0.306 e. The van der Waals surface area contributed by atoms with Crippen molar-refractivity contribution in [3.63, 3.8) is 0 Å². The zero-order chi connectivity index (χ0) is 36.6. The van der Waals surface area contributed by atoms with Crippen molar-refractivity contribution in [2.75, 3.05) is 6.54 Å². The van der Waals surface area contributed by atoms with E-state index in [1.165, 1.54) is 0 Å². The molecule has 4 aromatic rings. The summed E-state index contributed by atoms with van der Waals surface area (Å²) in [6.45, 7) is 5.13. The van der Waals surface area contributed by atoms with Gasteiger partial charge in [-0.05, 0) is 48.9 Å². The van der Waals surface area contributed by atoms with E-state index in [1.54, 1.807) is 11.1 Å². The number of para-hydroxylation sites is 1. The van der Waals surface area contributed by atoms with Gasteiger partial charge in [-0.3, -0.25) is 19.2 Å². The minimum atomic E-state index is -0.942. The first-order chi connectivity index (χ1) is 24.7. The van der Waals surface area contributed by atoms with E-state index in [1.807, 2.05) is 90.4 Å². The largest absolute Gasteiger partial charge is 0.461 e. The summed E-state index contributed by atoms with van der Waals surface area (Å²) < 4.78 is 7.46. The molecule has 0 unspecified atom stereocenters. The summed E-state index contributed by atoms with van der Waals surface area (Å²) >= 11 is 6.48. The van der Waals surface area contributed by atoms with E-state index < -0.39 is 17.9 Å². The van der Waals surface area contributed by atoms with Gasteiger partial charge in [-0.25, -0.2) is 0 Å². The number of esters is 1. The number of hydrogen-bond acceptors (Lipinski definition) is 5. The van der Waals surface area contributed by atoms with Crippen LogP contribution in [0.2, 0.25) is 5.02 Å². The third kappa shape index (κ3) is 11.7. The Hall–Kier alpha value is -4.63. The summed E-state index contributed by atoms with van der Waals surface area (Å²) in [5.41, 5.74) is 8.76. The van der Waals surface area contributed by atoms with Gasteiger partial charge in [-0.15, -0.1) is 0 Å². The van der Waals surface area contributed by atoms with Crippen molar-refractivity contribution in [3.8, 4) is 0 Å². The molecule has 3 N–H and O–H groups in total. The summed E-state index contributed by atoms with van der Waals surface area (Å²) in [5.74, 6) is -1.55. The number of amides is 3. The summed E-state index contributed by atoms with van der Waals surface area (Å²) in [5, 5.41) is 4.40. The number of halogens is 1. The van der Waals surface area contributed by atoms with Gasteiger partial charge in [0.05, 0.1) is 5.56 Å². The highest BCUT2D eigenvalue weighted by atomic mass is 35.5. The average molecular weight is 715 g/mol. The van der Waals surface area contributed by atoms with Crippen LogP contribution in [-0.2, 0) is 32.3 Å². The molecule has 3 amide bonds. The highest BCUT2D eigenvalue weighted by molar-refractivity contribution is 6.31. The molecule has 272 valence electrons. The number of nitrogens with two attached hydrogens (primary N) is 1. The quantitative estimate of drug-likeness (QED) is 0.0673. The molecule has 0 spiro atoms. The van der Waals surface area contributed by atoms with Crippen molar-refractivity contribution < 1.29 is 23.9 Å². The molecule has 0 radical (unpaired) electrons. The Morgan fingerprint density at radius 3 is 2.31 bits per heavy atom. The molecule has 0 bridgehead atoms. The predicted octanol–water partition coefficient (Wildman–Crippen LogP) is 7.81. The fourth-order valence-corrected chi connectivity index (χ4v) is 6.64. The molecule has 0 aliphatic heterocycles. The third-order valence-corrected chi connectivity index (χ3v) is 9.44. The molecular formula is C41H51ClN4O5. The summed E-state index contributed by atoms with van der Waals surface area (Å²) in [6.07, 6.45) is 7.71. The van der Waals surface area contributed by atoms with Crippen LogP contribution in [0.4, 0.5) is 0 Å². The Labute approximate surface area is 306 Å². The Morgan fingerprint density at radius 1 is 0.863 bits per heavy atom. The van der Waals surface area contributed by atoms with Crippen molar-refractivity contribution in [2.45, 2.75) is 103 Å².